The summed E-state index contributed by atoms with van der Waals surface area (Å²) in [5, 5.41) is 0. The van der Waals surface area contributed by atoms with Crippen molar-refractivity contribution in [2.75, 3.05) is 32.2 Å². The number of ether oxygens (including phenoxy) is 2. The molecule has 0 atom stereocenters. The molecule has 2 heterocycles. The number of halogens is 2. The molecule has 0 aliphatic rings. The highest BCUT2D eigenvalue weighted by molar-refractivity contribution is 9.10. The topological polar surface area (TPSA) is 125 Å². The fraction of sp³-hybridized carbons (Fsp3) is 0.571. The van der Waals surface area contributed by atoms with Gasteiger partial charge < -0.3 is 15.2 Å². The van der Waals surface area contributed by atoms with Crippen LogP contribution in [0.2, 0.25) is 0 Å². The molecule has 0 fully saturated rings. The summed E-state index contributed by atoms with van der Waals surface area (Å²) < 4.78 is 11.0. The lowest BCUT2D eigenvalue weighted by atomic mass is 10.2. The molecule has 10 nitrogen and oxygen atoms in total. The van der Waals surface area contributed by atoms with Gasteiger partial charge in [0.1, 0.15) is 0 Å². The zero-order valence-electron chi connectivity index (χ0n) is 14.5. The molecule has 2 N–H and O–H groups in total. The quantitative estimate of drug-likeness (QED) is 0.494. The third-order valence-electron chi connectivity index (χ3n) is 3.34. The molecule has 26 heavy (non-hydrogen) atoms. The van der Waals surface area contributed by atoms with Crippen LogP contribution >= 0.6 is 31.9 Å². The van der Waals surface area contributed by atoms with E-state index in [9.17, 15) is 0 Å². The molecule has 0 saturated carbocycles. The molecule has 0 unspecified atom stereocenters. The summed E-state index contributed by atoms with van der Waals surface area (Å²) in [5.41, 5.74) is 5.55. The molecular formula is C14H20Br2N8O2. The van der Waals surface area contributed by atoms with Crippen LogP contribution in [0.15, 0.2) is 9.47 Å². The van der Waals surface area contributed by atoms with Crippen molar-refractivity contribution < 1.29 is 9.47 Å². The van der Waals surface area contributed by atoms with Crippen molar-refractivity contribution in [3.63, 3.8) is 0 Å². The van der Waals surface area contributed by atoms with Gasteiger partial charge in [0, 0.05) is 6.54 Å². The summed E-state index contributed by atoms with van der Waals surface area (Å²) >= 11 is 6.54. The number of unbranched alkanes of at least 4 members (excludes halogenated alkanes) is 3. The van der Waals surface area contributed by atoms with E-state index < -0.39 is 0 Å². The second-order valence-corrected chi connectivity index (χ2v) is 6.56. The summed E-state index contributed by atoms with van der Waals surface area (Å²) in [6.45, 7) is 1.29. The maximum Gasteiger partial charge on any atom is 0.321 e. The normalized spacial score (nSPS) is 10.7. The van der Waals surface area contributed by atoms with Crippen LogP contribution in [0.5, 0.6) is 12.0 Å². The fourth-order valence-corrected chi connectivity index (χ4v) is 2.75. The predicted octanol–water partition coefficient (Wildman–Crippen LogP) is 2.26. The van der Waals surface area contributed by atoms with Crippen LogP contribution in [-0.2, 0) is 0 Å². The van der Waals surface area contributed by atoms with Crippen molar-refractivity contribution >= 4 is 43.8 Å². The van der Waals surface area contributed by atoms with Crippen LogP contribution in [0.1, 0.15) is 25.7 Å². The van der Waals surface area contributed by atoms with Crippen LogP contribution in [0.25, 0.3) is 0 Å². The van der Waals surface area contributed by atoms with E-state index in [0.29, 0.717) is 34.5 Å². The predicted molar refractivity (Wildman–Crippen MR) is 103 cm³/mol. The third kappa shape index (κ3) is 5.95. The van der Waals surface area contributed by atoms with E-state index >= 15 is 0 Å². The van der Waals surface area contributed by atoms with Crippen molar-refractivity contribution in [3.05, 3.63) is 9.47 Å². The number of methoxy groups -OCH3 is 2. The van der Waals surface area contributed by atoms with E-state index in [2.05, 4.69) is 61.8 Å². The highest BCUT2D eigenvalue weighted by atomic mass is 79.9. The van der Waals surface area contributed by atoms with Gasteiger partial charge in [0.05, 0.1) is 14.2 Å². The first kappa shape index (κ1) is 20.6. The monoisotopic (exact) mass is 490 g/mol. The lowest BCUT2D eigenvalue weighted by molar-refractivity contribution is 0.375. The molecule has 0 radical (unpaired) electrons. The average molecular weight is 492 g/mol. The van der Waals surface area contributed by atoms with E-state index in [0.717, 1.165) is 25.7 Å². The second kappa shape index (κ2) is 10.5. The zero-order valence-corrected chi connectivity index (χ0v) is 17.7. The fourth-order valence-electron chi connectivity index (χ4n) is 2.13. The minimum Gasteiger partial charge on any atom is -0.467 e. The molecule has 0 bridgehead atoms. The van der Waals surface area contributed by atoms with Crippen LogP contribution in [0, 0.1) is 0 Å². The Hall–Kier alpha value is -1.66. The summed E-state index contributed by atoms with van der Waals surface area (Å²) in [5.74, 6) is 0.727. The van der Waals surface area contributed by atoms with Gasteiger partial charge in [0.2, 0.25) is 21.4 Å². The smallest absolute Gasteiger partial charge is 0.321 e. The van der Waals surface area contributed by atoms with Crippen molar-refractivity contribution in [2.45, 2.75) is 25.7 Å². The SMILES string of the molecule is COc1nc(Br)nc(N(CCCCCCN)c2nc(Br)nc(OC)n2)n1. The Morgan fingerprint density at radius 3 is 1.73 bits per heavy atom. The largest absolute Gasteiger partial charge is 0.467 e. The zero-order chi connectivity index (χ0) is 18.9. The average Bonchev–Trinajstić information content (AvgIpc) is 2.63. The lowest BCUT2D eigenvalue weighted by Crippen LogP contribution is -2.24. The van der Waals surface area contributed by atoms with Gasteiger partial charge in [-0.25, -0.2) is 0 Å². The Morgan fingerprint density at radius 2 is 1.27 bits per heavy atom. The van der Waals surface area contributed by atoms with Gasteiger partial charge in [0.15, 0.2) is 0 Å². The Bertz CT molecular complexity index is 668. The second-order valence-electron chi connectivity index (χ2n) is 5.14. The first-order valence-electron chi connectivity index (χ1n) is 7.96. The maximum atomic E-state index is 5.55. The molecule has 2 rings (SSSR count). The number of rotatable bonds is 10. The molecule has 2 aromatic rings. The minimum atomic E-state index is 0.190. The van der Waals surface area contributed by atoms with Crippen molar-refractivity contribution in [3.8, 4) is 12.0 Å². The first-order chi connectivity index (χ1) is 12.6. The molecular weight excluding hydrogens is 472 g/mol. The van der Waals surface area contributed by atoms with Gasteiger partial charge in [-0.15, -0.1) is 0 Å². The van der Waals surface area contributed by atoms with Gasteiger partial charge in [-0.3, -0.25) is 4.90 Å². The van der Waals surface area contributed by atoms with Gasteiger partial charge >= 0.3 is 12.0 Å². The number of aromatic nitrogens is 6. The molecule has 0 spiro atoms. The van der Waals surface area contributed by atoms with Crippen LogP contribution < -0.4 is 20.1 Å². The highest BCUT2D eigenvalue weighted by Crippen LogP contribution is 2.24. The number of anilines is 2. The highest BCUT2D eigenvalue weighted by Gasteiger charge is 2.19. The Morgan fingerprint density at radius 1 is 0.769 bits per heavy atom. The van der Waals surface area contributed by atoms with Crippen molar-refractivity contribution in [2.24, 2.45) is 5.73 Å². The third-order valence-corrected chi connectivity index (χ3v) is 4.04. The number of nitrogens with zero attached hydrogens (tertiary/aromatic N) is 7. The Balaban J connectivity index is 2.32. The Kier molecular flexibility index (Phi) is 8.32. The van der Waals surface area contributed by atoms with Crippen LogP contribution in [0.4, 0.5) is 11.9 Å². The van der Waals surface area contributed by atoms with E-state index in [1.54, 1.807) is 4.90 Å². The van der Waals surface area contributed by atoms with Gasteiger partial charge in [-0.2, -0.15) is 29.9 Å². The molecule has 2 aromatic heterocycles. The van der Waals surface area contributed by atoms with Gasteiger partial charge in [-0.1, -0.05) is 12.8 Å². The molecule has 0 aliphatic carbocycles. The summed E-state index contributed by atoms with van der Waals surface area (Å²) in [6, 6.07) is 0.380. The molecule has 142 valence electrons. The van der Waals surface area contributed by atoms with E-state index in [-0.39, 0.29) is 12.0 Å². The van der Waals surface area contributed by atoms with Gasteiger partial charge in [-0.05, 0) is 51.2 Å². The lowest BCUT2D eigenvalue weighted by Gasteiger charge is -2.21. The van der Waals surface area contributed by atoms with Crippen LogP contribution in [0.3, 0.4) is 0 Å². The minimum absolute atomic E-state index is 0.190. The Labute approximate surface area is 168 Å². The number of hydrogen-bond acceptors (Lipinski definition) is 10. The first-order valence-corrected chi connectivity index (χ1v) is 9.54. The number of nitrogens with two attached hydrogens (primary N) is 1. The number of hydrogen-bond donors (Lipinski definition) is 1. The molecule has 12 heteroatoms. The van der Waals surface area contributed by atoms with E-state index in [1.807, 2.05) is 0 Å². The van der Waals surface area contributed by atoms with Gasteiger partial charge in [0.25, 0.3) is 0 Å². The molecule has 0 aliphatic heterocycles. The molecule has 0 saturated heterocycles. The summed E-state index contributed by atoms with van der Waals surface area (Å²) in [7, 11) is 2.98. The molecule has 0 amide bonds. The molecule has 0 aromatic carbocycles. The summed E-state index contributed by atoms with van der Waals surface area (Å²) in [6.07, 6.45) is 3.95. The van der Waals surface area contributed by atoms with Crippen molar-refractivity contribution in [1.82, 2.24) is 29.9 Å². The van der Waals surface area contributed by atoms with Crippen molar-refractivity contribution in [1.29, 1.82) is 0 Å². The van der Waals surface area contributed by atoms with Crippen LogP contribution in [-0.4, -0.2) is 57.2 Å². The van der Waals surface area contributed by atoms with E-state index in [4.69, 9.17) is 15.2 Å². The van der Waals surface area contributed by atoms with E-state index in [1.165, 1.54) is 14.2 Å². The standard InChI is InChI=1S/C14H20Br2N8O2/c1-25-13-20-9(15)18-11(22-13)24(8-6-4-3-5-7-17)12-19-10(16)21-14(23-12)26-2/h3-8,17H2,1-2H3. The maximum absolute atomic E-state index is 5.55. The summed E-state index contributed by atoms with van der Waals surface area (Å²) in [4.78, 5) is 27.1.